The normalized spacial score (nSPS) is 17.8. The van der Waals surface area contributed by atoms with Crippen molar-refractivity contribution >= 4 is 17.8 Å². The minimum Gasteiger partial charge on any atom is -0.350 e. The van der Waals surface area contributed by atoms with Crippen molar-refractivity contribution in [3.63, 3.8) is 0 Å². The molecule has 8 nitrogen and oxygen atoms in total. The molecule has 1 saturated carbocycles. The maximum Gasteiger partial charge on any atom is 0.325 e. The van der Waals surface area contributed by atoms with Gasteiger partial charge in [-0.1, -0.05) is 30.1 Å². The zero-order valence-electron chi connectivity index (χ0n) is 15.7. The van der Waals surface area contributed by atoms with E-state index >= 15 is 0 Å². The van der Waals surface area contributed by atoms with Crippen LogP contribution >= 0.6 is 0 Å². The highest BCUT2D eigenvalue weighted by molar-refractivity contribution is 6.07. The zero-order chi connectivity index (χ0) is 20.4. The Labute approximate surface area is 166 Å². The molecule has 1 aromatic heterocycles. The highest BCUT2D eigenvalue weighted by Gasteiger charge is 2.51. The van der Waals surface area contributed by atoms with Crippen LogP contribution in [0.4, 0.5) is 9.18 Å². The van der Waals surface area contributed by atoms with E-state index in [4.69, 9.17) is 4.52 Å². The maximum absolute atomic E-state index is 13.3. The first-order chi connectivity index (χ1) is 14.0. The Hall–Kier alpha value is -3.23. The molecule has 1 aliphatic carbocycles. The SMILES string of the molecule is O=C(NCCCN1C(=O)NC2(CCCC2)C1=O)c1cc(-c2cccc(F)c2)no1. The van der Waals surface area contributed by atoms with Crippen LogP contribution in [0.25, 0.3) is 11.3 Å². The molecule has 2 aliphatic rings. The standard InChI is InChI=1S/C20H21FN4O4/c21-14-6-3-5-13(11-14)15-12-16(29-24-15)17(26)22-9-4-10-25-18(27)20(23-19(25)28)7-1-2-8-20/h3,5-6,11-12H,1-2,4,7-10H2,(H,22,26)(H,23,28). The highest BCUT2D eigenvalue weighted by atomic mass is 19.1. The number of nitrogens with one attached hydrogen (secondary N) is 2. The Bertz CT molecular complexity index is 951. The number of carbonyl (C=O) groups is 3. The van der Waals surface area contributed by atoms with Crippen LogP contribution in [-0.4, -0.2) is 46.5 Å². The van der Waals surface area contributed by atoms with Crippen molar-refractivity contribution in [3.8, 4) is 11.3 Å². The van der Waals surface area contributed by atoms with Gasteiger partial charge in [0.15, 0.2) is 0 Å². The second-order valence-corrected chi connectivity index (χ2v) is 7.37. The lowest BCUT2D eigenvalue weighted by atomic mass is 9.98. The van der Waals surface area contributed by atoms with Gasteiger partial charge in [0.2, 0.25) is 5.76 Å². The molecule has 2 aromatic rings. The third-order valence-electron chi connectivity index (χ3n) is 5.40. The van der Waals surface area contributed by atoms with Crippen LogP contribution in [0.15, 0.2) is 34.9 Å². The maximum atomic E-state index is 13.3. The summed E-state index contributed by atoms with van der Waals surface area (Å²) in [7, 11) is 0. The topological polar surface area (TPSA) is 105 Å². The highest BCUT2D eigenvalue weighted by Crippen LogP contribution is 2.35. The number of urea groups is 1. The predicted octanol–water partition coefficient (Wildman–Crippen LogP) is 2.47. The fraction of sp³-hybridized carbons (Fsp3) is 0.400. The summed E-state index contributed by atoms with van der Waals surface area (Å²) in [5.74, 6) is -1.04. The second kappa shape index (κ2) is 7.65. The predicted molar refractivity (Wildman–Crippen MR) is 100 cm³/mol. The lowest BCUT2D eigenvalue weighted by molar-refractivity contribution is -0.131. The Kier molecular flexibility index (Phi) is 5.04. The van der Waals surface area contributed by atoms with Gasteiger partial charge in [-0.25, -0.2) is 9.18 Å². The Balaban J connectivity index is 1.28. The van der Waals surface area contributed by atoms with E-state index in [1.54, 1.807) is 12.1 Å². The summed E-state index contributed by atoms with van der Waals surface area (Å²) < 4.78 is 18.3. The van der Waals surface area contributed by atoms with Gasteiger partial charge in [-0.2, -0.15) is 0 Å². The number of nitrogens with zero attached hydrogens (tertiary/aromatic N) is 2. The smallest absolute Gasteiger partial charge is 0.325 e. The first kappa shape index (κ1) is 19.1. The zero-order valence-corrected chi connectivity index (χ0v) is 15.7. The van der Waals surface area contributed by atoms with Crippen LogP contribution in [0.2, 0.25) is 0 Å². The van der Waals surface area contributed by atoms with E-state index in [0.29, 0.717) is 30.5 Å². The molecule has 2 N–H and O–H groups in total. The van der Waals surface area contributed by atoms with Crippen molar-refractivity contribution in [2.24, 2.45) is 0 Å². The molecule has 0 radical (unpaired) electrons. The van der Waals surface area contributed by atoms with E-state index in [-0.39, 0.29) is 30.8 Å². The molecule has 1 aliphatic heterocycles. The molecular weight excluding hydrogens is 379 g/mol. The van der Waals surface area contributed by atoms with Crippen LogP contribution < -0.4 is 10.6 Å². The van der Waals surface area contributed by atoms with E-state index in [1.807, 2.05) is 0 Å². The summed E-state index contributed by atoms with van der Waals surface area (Å²) in [4.78, 5) is 38.1. The average Bonchev–Trinajstić information content (AvgIpc) is 3.42. The van der Waals surface area contributed by atoms with Crippen molar-refractivity contribution in [1.82, 2.24) is 20.7 Å². The third-order valence-corrected chi connectivity index (χ3v) is 5.40. The number of carbonyl (C=O) groups excluding carboxylic acids is 3. The lowest BCUT2D eigenvalue weighted by Crippen LogP contribution is -2.44. The van der Waals surface area contributed by atoms with Crippen molar-refractivity contribution in [2.75, 3.05) is 13.1 Å². The summed E-state index contributed by atoms with van der Waals surface area (Å²) in [6, 6.07) is 6.90. The number of rotatable bonds is 6. The van der Waals surface area contributed by atoms with Gasteiger partial charge >= 0.3 is 6.03 Å². The molecule has 1 saturated heterocycles. The quantitative estimate of drug-likeness (QED) is 0.573. The van der Waals surface area contributed by atoms with Crippen LogP contribution in [-0.2, 0) is 4.79 Å². The number of halogens is 1. The molecule has 0 atom stereocenters. The summed E-state index contributed by atoms with van der Waals surface area (Å²) in [5.41, 5.74) is 0.149. The van der Waals surface area contributed by atoms with Crippen molar-refractivity contribution in [1.29, 1.82) is 0 Å². The van der Waals surface area contributed by atoms with Gasteiger partial charge in [0, 0.05) is 24.7 Å². The van der Waals surface area contributed by atoms with E-state index in [1.165, 1.54) is 23.1 Å². The molecule has 9 heteroatoms. The first-order valence-corrected chi connectivity index (χ1v) is 9.63. The number of imide groups is 1. The summed E-state index contributed by atoms with van der Waals surface area (Å²) >= 11 is 0. The molecule has 1 spiro atoms. The molecule has 0 unspecified atom stereocenters. The van der Waals surface area contributed by atoms with Gasteiger partial charge in [-0.05, 0) is 31.4 Å². The number of hydrogen-bond donors (Lipinski definition) is 2. The lowest BCUT2D eigenvalue weighted by Gasteiger charge is -2.19. The van der Waals surface area contributed by atoms with Gasteiger partial charge < -0.3 is 15.2 Å². The molecule has 29 heavy (non-hydrogen) atoms. The van der Waals surface area contributed by atoms with Gasteiger partial charge in [-0.3, -0.25) is 14.5 Å². The molecule has 2 heterocycles. The average molecular weight is 400 g/mol. The molecular formula is C20H21FN4O4. The molecule has 1 aromatic carbocycles. The summed E-state index contributed by atoms with van der Waals surface area (Å²) in [6.07, 6.45) is 3.66. The van der Waals surface area contributed by atoms with E-state index in [9.17, 15) is 18.8 Å². The Morgan fingerprint density at radius 2 is 2.07 bits per heavy atom. The van der Waals surface area contributed by atoms with Crippen molar-refractivity contribution < 1.29 is 23.3 Å². The minimum absolute atomic E-state index is 0.00385. The van der Waals surface area contributed by atoms with E-state index < -0.39 is 17.3 Å². The summed E-state index contributed by atoms with van der Waals surface area (Å²) in [5, 5.41) is 9.29. The van der Waals surface area contributed by atoms with Crippen LogP contribution in [0.5, 0.6) is 0 Å². The number of aromatic nitrogens is 1. The van der Waals surface area contributed by atoms with Gasteiger partial charge in [0.05, 0.1) is 0 Å². The van der Waals surface area contributed by atoms with Crippen LogP contribution in [0.3, 0.4) is 0 Å². The van der Waals surface area contributed by atoms with Crippen molar-refractivity contribution in [2.45, 2.75) is 37.6 Å². The van der Waals surface area contributed by atoms with Gasteiger partial charge in [-0.15, -0.1) is 0 Å². The van der Waals surface area contributed by atoms with Gasteiger partial charge in [0.1, 0.15) is 17.1 Å². The molecule has 4 rings (SSSR count). The minimum atomic E-state index is -0.715. The number of hydrogen-bond acceptors (Lipinski definition) is 5. The summed E-state index contributed by atoms with van der Waals surface area (Å²) in [6.45, 7) is 0.497. The molecule has 0 bridgehead atoms. The fourth-order valence-corrected chi connectivity index (χ4v) is 3.89. The molecule has 4 amide bonds. The second-order valence-electron chi connectivity index (χ2n) is 7.37. The Morgan fingerprint density at radius 3 is 2.83 bits per heavy atom. The van der Waals surface area contributed by atoms with Crippen LogP contribution in [0, 0.1) is 5.82 Å². The van der Waals surface area contributed by atoms with Gasteiger partial charge in [0.25, 0.3) is 11.8 Å². The largest absolute Gasteiger partial charge is 0.350 e. The number of amides is 4. The Morgan fingerprint density at radius 1 is 1.28 bits per heavy atom. The molecule has 2 fully saturated rings. The van der Waals surface area contributed by atoms with E-state index in [0.717, 1.165) is 12.8 Å². The molecule has 152 valence electrons. The van der Waals surface area contributed by atoms with Crippen molar-refractivity contribution in [3.05, 3.63) is 41.9 Å². The van der Waals surface area contributed by atoms with E-state index in [2.05, 4.69) is 15.8 Å². The third kappa shape index (κ3) is 3.72. The first-order valence-electron chi connectivity index (χ1n) is 9.63. The number of benzene rings is 1. The van der Waals surface area contributed by atoms with Crippen LogP contribution in [0.1, 0.15) is 42.7 Å². The monoisotopic (exact) mass is 400 g/mol. The fourth-order valence-electron chi connectivity index (χ4n) is 3.89.